The van der Waals surface area contributed by atoms with E-state index in [4.69, 9.17) is 21.6 Å². The van der Waals surface area contributed by atoms with E-state index >= 15 is 0 Å². The van der Waals surface area contributed by atoms with Gasteiger partial charge in [0.2, 0.25) is 0 Å². The third-order valence-corrected chi connectivity index (χ3v) is 6.20. The molecule has 2 aliphatic rings. The van der Waals surface area contributed by atoms with E-state index in [1.54, 1.807) is 0 Å². The standard InChI is InChI=1S/C21H27ClN4/c1-3-14(2)15-10-18-19(13-24-12-15)17-11-16(22)4-5-20(17)25-21(18)26-8-6-23-7-9-26/h4-5,11,13-15,23H,3,6-10,12H2,1-2H3. The number of aliphatic imine (C=N–C) groups is 1. The molecule has 0 saturated carbocycles. The fraction of sp³-hybridized carbons (Fsp3) is 0.524. The van der Waals surface area contributed by atoms with Crippen molar-refractivity contribution in [1.82, 2.24) is 10.3 Å². The summed E-state index contributed by atoms with van der Waals surface area (Å²) in [5.41, 5.74) is 3.58. The summed E-state index contributed by atoms with van der Waals surface area (Å²) in [6, 6.07) is 6.01. The quantitative estimate of drug-likeness (QED) is 0.889. The molecule has 2 aliphatic heterocycles. The van der Waals surface area contributed by atoms with Gasteiger partial charge in [0.15, 0.2) is 0 Å². The van der Waals surface area contributed by atoms with Crippen LogP contribution in [0.15, 0.2) is 23.2 Å². The van der Waals surface area contributed by atoms with Gasteiger partial charge in [-0.25, -0.2) is 4.98 Å². The lowest BCUT2D eigenvalue weighted by molar-refractivity contribution is 0.356. The third kappa shape index (κ3) is 3.33. The molecule has 2 unspecified atom stereocenters. The van der Waals surface area contributed by atoms with Crippen molar-refractivity contribution in [2.45, 2.75) is 26.7 Å². The summed E-state index contributed by atoms with van der Waals surface area (Å²) in [6.45, 7) is 9.55. The first-order chi connectivity index (χ1) is 12.7. The zero-order valence-corrected chi connectivity index (χ0v) is 16.4. The van der Waals surface area contributed by atoms with E-state index in [0.717, 1.165) is 60.9 Å². The normalized spacial score (nSPS) is 21.5. The lowest BCUT2D eigenvalue weighted by Crippen LogP contribution is -2.44. The molecule has 2 atom stereocenters. The molecule has 3 heterocycles. The van der Waals surface area contributed by atoms with E-state index in [0.29, 0.717) is 11.8 Å². The maximum atomic E-state index is 6.30. The van der Waals surface area contributed by atoms with Gasteiger partial charge < -0.3 is 10.2 Å². The fourth-order valence-electron chi connectivity index (χ4n) is 4.09. The van der Waals surface area contributed by atoms with Gasteiger partial charge in [-0.2, -0.15) is 0 Å². The number of halogens is 1. The molecule has 0 spiro atoms. The Bertz CT molecular complexity index is 826. The van der Waals surface area contributed by atoms with Gasteiger partial charge in [0, 0.05) is 60.5 Å². The van der Waals surface area contributed by atoms with Gasteiger partial charge in [-0.1, -0.05) is 31.9 Å². The third-order valence-electron chi connectivity index (χ3n) is 5.96. The molecular weight excluding hydrogens is 344 g/mol. The van der Waals surface area contributed by atoms with Gasteiger partial charge in [0.05, 0.1) is 5.52 Å². The van der Waals surface area contributed by atoms with Crippen LogP contribution in [-0.4, -0.2) is 43.9 Å². The number of nitrogens with one attached hydrogen (secondary N) is 1. The van der Waals surface area contributed by atoms with Crippen molar-refractivity contribution < 1.29 is 0 Å². The molecule has 0 bridgehead atoms. The maximum absolute atomic E-state index is 6.30. The van der Waals surface area contributed by atoms with E-state index in [2.05, 4.69) is 30.3 Å². The van der Waals surface area contributed by atoms with Gasteiger partial charge in [-0.3, -0.25) is 4.99 Å². The number of benzene rings is 1. The van der Waals surface area contributed by atoms with Crippen molar-refractivity contribution in [2.24, 2.45) is 16.8 Å². The van der Waals surface area contributed by atoms with E-state index in [1.165, 1.54) is 17.5 Å². The molecule has 0 radical (unpaired) electrons. The van der Waals surface area contributed by atoms with Crippen molar-refractivity contribution in [3.63, 3.8) is 0 Å². The molecule has 5 heteroatoms. The second-order valence-corrected chi connectivity index (χ2v) is 8.01. The summed E-state index contributed by atoms with van der Waals surface area (Å²) in [4.78, 5) is 12.3. The molecular formula is C21H27ClN4. The van der Waals surface area contributed by atoms with E-state index in [-0.39, 0.29) is 0 Å². The van der Waals surface area contributed by atoms with Crippen molar-refractivity contribution >= 4 is 34.5 Å². The van der Waals surface area contributed by atoms with Crippen LogP contribution in [0.4, 0.5) is 5.82 Å². The summed E-state index contributed by atoms with van der Waals surface area (Å²) in [7, 11) is 0. The first kappa shape index (κ1) is 17.7. The lowest BCUT2D eigenvalue weighted by atomic mass is 9.85. The van der Waals surface area contributed by atoms with Gasteiger partial charge in [0.1, 0.15) is 5.82 Å². The van der Waals surface area contributed by atoms with Crippen molar-refractivity contribution in [3.05, 3.63) is 34.3 Å². The average molecular weight is 371 g/mol. The van der Waals surface area contributed by atoms with Crippen LogP contribution in [0.5, 0.6) is 0 Å². The summed E-state index contributed by atoms with van der Waals surface area (Å²) >= 11 is 6.30. The van der Waals surface area contributed by atoms with Crippen LogP contribution in [0.1, 0.15) is 31.4 Å². The highest BCUT2D eigenvalue weighted by Crippen LogP contribution is 2.35. The number of pyridine rings is 1. The number of hydrogen-bond acceptors (Lipinski definition) is 4. The minimum absolute atomic E-state index is 0.567. The monoisotopic (exact) mass is 370 g/mol. The number of nitrogens with zero attached hydrogens (tertiary/aromatic N) is 3. The number of anilines is 1. The van der Waals surface area contributed by atoms with E-state index in [1.807, 2.05) is 18.2 Å². The van der Waals surface area contributed by atoms with Crippen molar-refractivity contribution in [3.8, 4) is 0 Å². The highest BCUT2D eigenvalue weighted by Gasteiger charge is 2.26. The Hall–Kier alpha value is -1.65. The minimum atomic E-state index is 0.567. The van der Waals surface area contributed by atoms with Crippen LogP contribution < -0.4 is 10.2 Å². The second kappa shape index (κ2) is 7.53. The van der Waals surface area contributed by atoms with Gasteiger partial charge in [-0.05, 0) is 36.5 Å². The largest absolute Gasteiger partial charge is 0.354 e. The smallest absolute Gasteiger partial charge is 0.133 e. The molecule has 1 aromatic carbocycles. The van der Waals surface area contributed by atoms with Crippen LogP contribution in [0, 0.1) is 11.8 Å². The van der Waals surface area contributed by atoms with Crippen LogP contribution in [0.25, 0.3) is 10.9 Å². The molecule has 26 heavy (non-hydrogen) atoms. The minimum Gasteiger partial charge on any atom is -0.354 e. The Kier molecular flexibility index (Phi) is 5.14. The molecule has 0 amide bonds. The second-order valence-electron chi connectivity index (χ2n) is 7.57. The molecule has 4 rings (SSSR count). The Balaban J connectivity index is 1.89. The van der Waals surface area contributed by atoms with Crippen molar-refractivity contribution in [1.29, 1.82) is 0 Å². The predicted molar refractivity (Wildman–Crippen MR) is 111 cm³/mol. The Morgan fingerprint density at radius 3 is 2.88 bits per heavy atom. The van der Waals surface area contributed by atoms with Crippen LogP contribution in [-0.2, 0) is 6.42 Å². The van der Waals surface area contributed by atoms with Crippen LogP contribution in [0.2, 0.25) is 5.02 Å². The van der Waals surface area contributed by atoms with E-state index < -0.39 is 0 Å². The number of rotatable bonds is 3. The summed E-state index contributed by atoms with van der Waals surface area (Å²) in [6.07, 6.45) is 4.30. The zero-order valence-electron chi connectivity index (χ0n) is 15.6. The summed E-state index contributed by atoms with van der Waals surface area (Å²) in [5.74, 6) is 2.37. The first-order valence-corrected chi connectivity index (χ1v) is 10.1. The fourth-order valence-corrected chi connectivity index (χ4v) is 4.27. The SMILES string of the molecule is CCC(C)C1CN=Cc2c(c(N3CCNCC3)nc3ccc(Cl)cc23)C1. The number of hydrogen-bond donors (Lipinski definition) is 1. The van der Waals surface area contributed by atoms with Crippen molar-refractivity contribution in [2.75, 3.05) is 37.6 Å². The molecule has 138 valence electrons. The Labute approximate surface area is 160 Å². The Morgan fingerprint density at radius 2 is 2.12 bits per heavy atom. The highest BCUT2D eigenvalue weighted by molar-refractivity contribution is 6.31. The molecule has 1 N–H and O–H groups in total. The predicted octanol–water partition coefficient (Wildman–Crippen LogP) is 3.94. The van der Waals surface area contributed by atoms with Crippen LogP contribution >= 0.6 is 11.6 Å². The zero-order chi connectivity index (χ0) is 18.1. The number of piperazine rings is 1. The molecule has 1 saturated heterocycles. The summed E-state index contributed by atoms with van der Waals surface area (Å²) in [5, 5.41) is 5.33. The first-order valence-electron chi connectivity index (χ1n) is 9.75. The molecule has 1 aromatic heterocycles. The number of aromatic nitrogens is 1. The molecule has 2 aromatic rings. The topological polar surface area (TPSA) is 40.5 Å². The Morgan fingerprint density at radius 1 is 1.31 bits per heavy atom. The van der Waals surface area contributed by atoms with Gasteiger partial charge in [-0.15, -0.1) is 0 Å². The molecule has 1 fully saturated rings. The molecule has 4 nitrogen and oxygen atoms in total. The highest BCUT2D eigenvalue weighted by atomic mass is 35.5. The maximum Gasteiger partial charge on any atom is 0.133 e. The van der Waals surface area contributed by atoms with E-state index in [9.17, 15) is 0 Å². The lowest BCUT2D eigenvalue weighted by Gasteiger charge is -2.32. The van der Waals surface area contributed by atoms with Crippen LogP contribution in [0.3, 0.4) is 0 Å². The van der Waals surface area contributed by atoms with Gasteiger partial charge in [0.25, 0.3) is 0 Å². The molecule has 0 aliphatic carbocycles. The van der Waals surface area contributed by atoms with Gasteiger partial charge >= 0.3 is 0 Å². The number of fused-ring (bicyclic) bond motifs is 3. The summed E-state index contributed by atoms with van der Waals surface area (Å²) < 4.78 is 0. The average Bonchev–Trinajstić information content (AvgIpc) is 2.91.